The molecule has 0 aromatic heterocycles. The average Bonchev–Trinajstić information content (AvgIpc) is 2.62. The van der Waals surface area contributed by atoms with Crippen LogP contribution in [0, 0.1) is 18.3 Å². The molecule has 1 heterocycles. The van der Waals surface area contributed by atoms with E-state index in [4.69, 9.17) is 5.73 Å². The van der Waals surface area contributed by atoms with E-state index in [0.717, 1.165) is 12.0 Å². The molecule has 1 saturated carbocycles. The minimum Gasteiger partial charge on any atom is -0.327 e. The Morgan fingerprint density at radius 3 is 2.47 bits per heavy atom. The number of fused-ring (bicyclic) bond motifs is 1. The van der Waals surface area contributed by atoms with Crippen LogP contribution in [0.25, 0.3) is 0 Å². The Morgan fingerprint density at radius 1 is 1.32 bits per heavy atom. The molecule has 2 N–H and O–H groups in total. The summed E-state index contributed by atoms with van der Waals surface area (Å²) in [4.78, 5) is 0.386. The standard InChI is InChI=1S/C14H20N2O2S/c1-10-3-5-11(6-4-10)19(17,18)16-8-12-13(15)7-14(12,2)9-16/h3-6,12-13H,7-9,15H2,1-2H3/t12-,13-,14-/m0/s1. The molecule has 0 amide bonds. The number of sulfonamides is 1. The molecular weight excluding hydrogens is 260 g/mol. The van der Waals surface area contributed by atoms with Crippen LogP contribution in [0.5, 0.6) is 0 Å². The first kappa shape index (κ1) is 13.1. The van der Waals surface area contributed by atoms with Gasteiger partial charge in [0.25, 0.3) is 0 Å². The Bertz CT molecular complexity index is 596. The minimum absolute atomic E-state index is 0.0805. The van der Waals surface area contributed by atoms with Crippen molar-refractivity contribution >= 4 is 10.0 Å². The van der Waals surface area contributed by atoms with E-state index >= 15 is 0 Å². The van der Waals surface area contributed by atoms with Gasteiger partial charge in [0.2, 0.25) is 10.0 Å². The van der Waals surface area contributed by atoms with Crippen molar-refractivity contribution in [2.75, 3.05) is 13.1 Å². The van der Waals surface area contributed by atoms with E-state index in [1.54, 1.807) is 16.4 Å². The van der Waals surface area contributed by atoms with Gasteiger partial charge in [0, 0.05) is 19.1 Å². The van der Waals surface area contributed by atoms with Gasteiger partial charge in [-0.3, -0.25) is 0 Å². The monoisotopic (exact) mass is 280 g/mol. The fourth-order valence-electron chi connectivity index (χ4n) is 3.46. The highest BCUT2D eigenvalue weighted by Gasteiger charge is 2.56. The van der Waals surface area contributed by atoms with Crippen molar-refractivity contribution in [3.05, 3.63) is 29.8 Å². The van der Waals surface area contributed by atoms with Crippen LogP contribution >= 0.6 is 0 Å². The van der Waals surface area contributed by atoms with E-state index in [1.807, 2.05) is 19.1 Å². The first-order chi connectivity index (χ1) is 8.83. The van der Waals surface area contributed by atoms with Crippen molar-refractivity contribution in [3.63, 3.8) is 0 Å². The summed E-state index contributed by atoms with van der Waals surface area (Å²) in [6.07, 6.45) is 0.928. The molecule has 19 heavy (non-hydrogen) atoms. The molecule has 1 aliphatic carbocycles. The molecule has 4 nitrogen and oxygen atoms in total. The van der Waals surface area contributed by atoms with Crippen molar-refractivity contribution in [1.82, 2.24) is 4.31 Å². The molecule has 3 atom stereocenters. The third-order valence-electron chi connectivity index (χ3n) is 4.71. The maximum Gasteiger partial charge on any atom is 0.243 e. The summed E-state index contributed by atoms with van der Waals surface area (Å²) in [5.41, 5.74) is 7.14. The summed E-state index contributed by atoms with van der Waals surface area (Å²) in [7, 11) is -3.37. The largest absolute Gasteiger partial charge is 0.327 e. The lowest BCUT2D eigenvalue weighted by Crippen LogP contribution is -2.53. The second-order valence-corrected chi connectivity index (χ2v) is 8.18. The maximum absolute atomic E-state index is 12.6. The molecule has 2 fully saturated rings. The Labute approximate surface area is 114 Å². The lowest BCUT2D eigenvalue weighted by atomic mass is 9.60. The number of hydrogen-bond donors (Lipinski definition) is 1. The summed E-state index contributed by atoms with van der Waals surface area (Å²) in [5, 5.41) is 0. The van der Waals surface area contributed by atoms with Crippen LogP contribution in [-0.4, -0.2) is 31.9 Å². The Kier molecular flexibility index (Phi) is 2.78. The Hall–Kier alpha value is -0.910. The summed E-state index contributed by atoms with van der Waals surface area (Å²) in [6, 6.07) is 7.21. The Balaban J connectivity index is 1.88. The summed E-state index contributed by atoms with van der Waals surface area (Å²) >= 11 is 0. The van der Waals surface area contributed by atoms with E-state index in [1.165, 1.54) is 0 Å². The first-order valence-electron chi connectivity index (χ1n) is 6.65. The number of nitrogens with zero attached hydrogens (tertiary/aromatic N) is 1. The van der Waals surface area contributed by atoms with Gasteiger partial charge in [-0.05, 0) is 36.8 Å². The lowest BCUT2D eigenvalue weighted by molar-refractivity contribution is 0.0765. The molecule has 3 rings (SSSR count). The summed E-state index contributed by atoms with van der Waals surface area (Å²) in [6.45, 7) is 5.26. The third-order valence-corrected chi connectivity index (χ3v) is 6.54. The zero-order chi connectivity index (χ0) is 13.8. The van der Waals surface area contributed by atoms with Gasteiger partial charge in [0.1, 0.15) is 0 Å². The van der Waals surface area contributed by atoms with E-state index in [9.17, 15) is 8.42 Å². The molecule has 2 aliphatic rings. The van der Waals surface area contributed by atoms with Crippen LogP contribution in [-0.2, 0) is 10.0 Å². The van der Waals surface area contributed by atoms with Gasteiger partial charge < -0.3 is 5.73 Å². The molecule has 1 saturated heterocycles. The molecular formula is C14H20N2O2S. The average molecular weight is 280 g/mol. The van der Waals surface area contributed by atoms with Gasteiger partial charge in [-0.15, -0.1) is 0 Å². The predicted molar refractivity (Wildman–Crippen MR) is 74.1 cm³/mol. The zero-order valence-corrected chi connectivity index (χ0v) is 12.2. The minimum atomic E-state index is -3.37. The molecule has 1 aromatic rings. The van der Waals surface area contributed by atoms with Crippen LogP contribution in [0.1, 0.15) is 18.9 Å². The number of hydrogen-bond acceptors (Lipinski definition) is 3. The zero-order valence-electron chi connectivity index (χ0n) is 11.3. The second kappa shape index (κ2) is 4.04. The van der Waals surface area contributed by atoms with Gasteiger partial charge in [0.15, 0.2) is 0 Å². The van der Waals surface area contributed by atoms with Crippen molar-refractivity contribution in [1.29, 1.82) is 0 Å². The second-order valence-electron chi connectivity index (χ2n) is 6.24. The molecule has 0 unspecified atom stereocenters. The van der Waals surface area contributed by atoms with Gasteiger partial charge >= 0.3 is 0 Å². The van der Waals surface area contributed by atoms with Crippen LogP contribution in [0.15, 0.2) is 29.2 Å². The highest BCUT2D eigenvalue weighted by Crippen LogP contribution is 2.51. The molecule has 5 heteroatoms. The normalized spacial score (nSPS) is 34.9. The van der Waals surface area contributed by atoms with Crippen molar-refractivity contribution in [3.8, 4) is 0 Å². The molecule has 0 spiro atoms. The van der Waals surface area contributed by atoms with Gasteiger partial charge in [-0.25, -0.2) is 8.42 Å². The molecule has 0 radical (unpaired) electrons. The van der Waals surface area contributed by atoms with Gasteiger partial charge in [-0.2, -0.15) is 4.31 Å². The van der Waals surface area contributed by atoms with E-state index < -0.39 is 10.0 Å². The number of rotatable bonds is 2. The number of nitrogens with two attached hydrogens (primary N) is 1. The van der Waals surface area contributed by atoms with E-state index in [2.05, 4.69) is 6.92 Å². The maximum atomic E-state index is 12.6. The topological polar surface area (TPSA) is 63.4 Å². The van der Waals surface area contributed by atoms with E-state index in [-0.39, 0.29) is 11.5 Å². The highest BCUT2D eigenvalue weighted by atomic mass is 32.2. The number of benzene rings is 1. The van der Waals surface area contributed by atoms with Crippen molar-refractivity contribution in [2.45, 2.75) is 31.2 Å². The molecule has 0 bridgehead atoms. The quantitative estimate of drug-likeness (QED) is 0.889. The lowest BCUT2D eigenvalue weighted by Gasteiger charge is -2.46. The van der Waals surface area contributed by atoms with Crippen molar-refractivity contribution < 1.29 is 8.42 Å². The third kappa shape index (κ3) is 1.91. The molecule has 1 aliphatic heterocycles. The summed E-state index contributed by atoms with van der Waals surface area (Å²) in [5.74, 6) is 0.313. The highest BCUT2D eigenvalue weighted by molar-refractivity contribution is 7.89. The van der Waals surface area contributed by atoms with Crippen LogP contribution in [0.2, 0.25) is 0 Å². The van der Waals surface area contributed by atoms with Crippen LogP contribution in [0.3, 0.4) is 0 Å². The van der Waals surface area contributed by atoms with Crippen LogP contribution in [0.4, 0.5) is 0 Å². The summed E-state index contributed by atoms with van der Waals surface area (Å²) < 4.78 is 26.8. The SMILES string of the molecule is Cc1ccc(S(=O)(=O)N2C[C@H]3[C@@H](N)C[C@@]3(C)C2)cc1. The number of aryl methyl sites for hydroxylation is 1. The predicted octanol–water partition coefficient (Wildman–Crippen LogP) is 1.35. The smallest absolute Gasteiger partial charge is 0.243 e. The van der Waals surface area contributed by atoms with Crippen LogP contribution < -0.4 is 5.73 Å². The molecule has 1 aromatic carbocycles. The van der Waals surface area contributed by atoms with Crippen molar-refractivity contribution in [2.24, 2.45) is 17.1 Å². The molecule has 104 valence electrons. The Morgan fingerprint density at radius 2 is 1.95 bits per heavy atom. The first-order valence-corrected chi connectivity index (χ1v) is 8.09. The van der Waals surface area contributed by atoms with Gasteiger partial charge in [-0.1, -0.05) is 24.6 Å². The fourth-order valence-corrected chi connectivity index (χ4v) is 5.06. The fraction of sp³-hybridized carbons (Fsp3) is 0.571. The van der Waals surface area contributed by atoms with E-state index in [0.29, 0.717) is 23.9 Å². The van der Waals surface area contributed by atoms with Gasteiger partial charge in [0.05, 0.1) is 4.90 Å².